The maximum Gasteiger partial charge on any atom is 0.328 e. The average Bonchev–Trinajstić information content (AvgIpc) is 2.53. The van der Waals surface area contributed by atoms with Gasteiger partial charge in [0.1, 0.15) is 0 Å². The van der Waals surface area contributed by atoms with Gasteiger partial charge in [0.25, 0.3) is 11.7 Å². The van der Waals surface area contributed by atoms with Gasteiger partial charge in [-0.2, -0.15) is 0 Å². The molecule has 1 aromatic carbocycles. The minimum Gasteiger partial charge on any atom is -0.478 e. The smallest absolute Gasteiger partial charge is 0.328 e. The van der Waals surface area contributed by atoms with Gasteiger partial charge in [-0.05, 0) is 30.7 Å². The number of amides is 1. The molecule has 0 aliphatic carbocycles. The molecule has 0 bridgehead atoms. The van der Waals surface area contributed by atoms with Crippen molar-refractivity contribution in [2.75, 3.05) is 11.4 Å². The second-order valence-corrected chi connectivity index (χ2v) is 5.13. The molecule has 1 aromatic rings. The summed E-state index contributed by atoms with van der Waals surface area (Å²) >= 11 is 3.28. The Balaban J connectivity index is 2.38. The van der Waals surface area contributed by atoms with Crippen molar-refractivity contribution in [3.05, 3.63) is 39.9 Å². The van der Waals surface area contributed by atoms with Gasteiger partial charge in [-0.3, -0.25) is 9.59 Å². The fourth-order valence-electron chi connectivity index (χ4n) is 1.93. The topological polar surface area (TPSA) is 74.7 Å². The fourth-order valence-corrected chi connectivity index (χ4v) is 2.28. The summed E-state index contributed by atoms with van der Waals surface area (Å²) in [5.74, 6) is -2.28. The maximum atomic E-state index is 11.9. The molecule has 0 radical (unpaired) electrons. The number of nitrogens with zero attached hydrogens (tertiary/aromatic N) is 1. The van der Waals surface area contributed by atoms with Crippen LogP contribution in [0, 0.1) is 0 Å². The molecular weight excluding hydrogens is 314 g/mol. The third-order valence-electron chi connectivity index (χ3n) is 2.71. The van der Waals surface area contributed by atoms with Gasteiger partial charge in [-0.25, -0.2) is 4.79 Å². The summed E-state index contributed by atoms with van der Waals surface area (Å²) in [4.78, 5) is 35.5. The van der Waals surface area contributed by atoms with Crippen LogP contribution in [0.2, 0.25) is 0 Å². The van der Waals surface area contributed by atoms with Gasteiger partial charge in [0.15, 0.2) is 0 Å². The lowest BCUT2D eigenvalue weighted by Gasteiger charge is -2.16. The molecule has 6 heteroatoms. The highest BCUT2D eigenvalue weighted by molar-refractivity contribution is 9.10. The summed E-state index contributed by atoms with van der Waals surface area (Å²) in [7, 11) is 0. The first-order valence-corrected chi connectivity index (χ1v) is 6.25. The number of ketones is 1. The van der Waals surface area contributed by atoms with E-state index in [1.165, 1.54) is 4.90 Å². The van der Waals surface area contributed by atoms with E-state index in [1.807, 2.05) is 0 Å². The van der Waals surface area contributed by atoms with Gasteiger partial charge >= 0.3 is 5.97 Å². The zero-order valence-corrected chi connectivity index (χ0v) is 11.6. The molecule has 1 N–H and O–H groups in total. The number of carbonyl (C=O) groups excluding carboxylic acids is 2. The van der Waals surface area contributed by atoms with E-state index in [-0.39, 0.29) is 6.54 Å². The van der Waals surface area contributed by atoms with Crippen LogP contribution in [-0.2, 0) is 9.59 Å². The quantitative estimate of drug-likeness (QED) is 0.682. The van der Waals surface area contributed by atoms with Gasteiger partial charge in [0.2, 0.25) is 0 Å². The van der Waals surface area contributed by atoms with Crippen LogP contribution in [0.4, 0.5) is 5.69 Å². The number of halogens is 1. The third kappa shape index (κ3) is 2.58. The van der Waals surface area contributed by atoms with Crippen LogP contribution < -0.4 is 4.90 Å². The van der Waals surface area contributed by atoms with Crippen molar-refractivity contribution in [2.45, 2.75) is 6.92 Å². The van der Waals surface area contributed by atoms with Gasteiger partial charge < -0.3 is 10.0 Å². The molecular formula is C13H10BrNO4. The highest BCUT2D eigenvalue weighted by atomic mass is 79.9. The van der Waals surface area contributed by atoms with Crippen molar-refractivity contribution in [2.24, 2.45) is 0 Å². The number of carboxylic acid groups (broad SMARTS) is 1. The fraction of sp³-hybridized carbons (Fsp3) is 0.154. The molecule has 5 nitrogen and oxygen atoms in total. The summed E-state index contributed by atoms with van der Waals surface area (Å²) in [6.07, 6.45) is 1.02. The average molecular weight is 324 g/mol. The summed E-state index contributed by atoms with van der Waals surface area (Å²) in [6, 6.07) is 4.94. The van der Waals surface area contributed by atoms with Crippen LogP contribution in [0.15, 0.2) is 34.3 Å². The molecule has 0 fully saturated rings. The molecule has 98 valence electrons. The maximum absolute atomic E-state index is 11.9. The van der Waals surface area contributed by atoms with Crippen LogP contribution in [0.3, 0.4) is 0 Å². The number of aliphatic carboxylic acids is 1. The standard InChI is InChI=1S/C13H10BrNO4/c1-7(4-11(16)17)6-15-10-5-8(14)2-3-9(10)12(18)13(15)19/h2-5H,6H2,1H3,(H,16,17). The number of hydrogen-bond donors (Lipinski definition) is 1. The summed E-state index contributed by atoms with van der Waals surface area (Å²) in [5, 5.41) is 8.66. The van der Waals surface area contributed by atoms with Gasteiger partial charge in [-0.1, -0.05) is 15.9 Å². The lowest BCUT2D eigenvalue weighted by Crippen LogP contribution is -2.31. The molecule has 1 aliphatic heterocycles. The third-order valence-corrected chi connectivity index (χ3v) is 3.21. The number of fused-ring (bicyclic) bond motifs is 1. The largest absolute Gasteiger partial charge is 0.478 e. The normalized spacial score (nSPS) is 14.8. The van der Waals surface area contributed by atoms with Crippen LogP contribution in [0.1, 0.15) is 17.3 Å². The van der Waals surface area contributed by atoms with Crippen molar-refractivity contribution in [1.82, 2.24) is 0 Å². The van der Waals surface area contributed by atoms with E-state index in [0.717, 1.165) is 10.5 Å². The van der Waals surface area contributed by atoms with Gasteiger partial charge in [-0.15, -0.1) is 0 Å². The Kier molecular flexibility index (Phi) is 3.53. The monoisotopic (exact) mass is 323 g/mol. The van der Waals surface area contributed by atoms with Crippen molar-refractivity contribution in [3.63, 3.8) is 0 Å². The molecule has 0 atom stereocenters. The zero-order chi connectivity index (χ0) is 14.2. The van der Waals surface area contributed by atoms with Gasteiger partial charge in [0, 0.05) is 17.1 Å². The molecule has 2 rings (SSSR count). The van der Waals surface area contributed by atoms with Gasteiger partial charge in [0.05, 0.1) is 11.3 Å². The number of benzene rings is 1. The summed E-state index contributed by atoms with van der Waals surface area (Å²) in [6.45, 7) is 1.68. The van der Waals surface area contributed by atoms with Crippen molar-refractivity contribution >= 4 is 39.3 Å². The Morgan fingerprint density at radius 3 is 2.74 bits per heavy atom. The number of anilines is 1. The van der Waals surface area contributed by atoms with E-state index in [1.54, 1.807) is 25.1 Å². The number of carbonyl (C=O) groups is 3. The Labute approximate surface area is 117 Å². The predicted octanol–water partition coefficient (Wildman–Crippen LogP) is 2.01. The minimum absolute atomic E-state index is 0.0837. The molecule has 0 spiro atoms. The Bertz CT molecular complexity index is 621. The van der Waals surface area contributed by atoms with Crippen LogP contribution in [-0.4, -0.2) is 29.3 Å². The molecule has 0 saturated carbocycles. The van der Waals surface area contributed by atoms with Crippen molar-refractivity contribution < 1.29 is 19.5 Å². The van der Waals surface area contributed by atoms with Crippen molar-refractivity contribution in [1.29, 1.82) is 0 Å². The van der Waals surface area contributed by atoms with E-state index in [4.69, 9.17) is 5.11 Å². The summed E-state index contributed by atoms with van der Waals surface area (Å²) < 4.78 is 0.749. The molecule has 0 saturated heterocycles. The lowest BCUT2D eigenvalue weighted by atomic mass is 10.1. The van der Waals surface area contributed by atoms with Crippen LogP contribution in [0.25, 0.3) is 0 Å². The number of Topliss-reactive ketones (excluding diaryl/α,β-unsaturated/α-hetero) is 1. The van der Waals surface area contributed by atoms with Crippen molar-refractivity contribution in [3.8, 4) is 0 Å². The number of rotatable bonds is 3. The first-order valence-electron chi connectivity index (χ1n) is 5.46. The van der Waals surface area contributed by atoms with Crippen LogP contribution in [0.5, 0.6) is 0 Å². The van der Waals surface area contributed by atoms with Crippen LogP contribution >= 0.6 is 15.9 Å². The Morgan fingerprint density at radius 2 is 2.11 bits per heavy atom. The number of carboxylic acids is 1. The van der Waals surface area contributed by atoms with E-state index >= 15 is 0 Å². The van der Waals surface area contributed by atoms with E-state index in [9.17, 15) is 14.4 Å². The molecule has 1 aliphatic rings. The summed E-state index contributed by atoms with van der Waals surface area (Å²) in [5.41, 5.74) is 1.33. The molecule has 1 heterocycles. The van der Waals surface area contributed by atoms with E-state index in [2.05, 4.69) is 15.9 Å². The lowest BCUT2D eigenvalue weighted by molar-refractivity contribution is -0.131. The first-order chi connectivity index (χ1) is 8.90. The molecule has 0 unspecified atom stereocenters. The van der Waals surface area contributed by atoms with E-state index in [0.29, 0.717) is 16.8 Å². The molecule has 0 aromatic heterocycles. The zero-order valence-electron chi connectivity index (χ0n) is 10.0. The predicted molar refractivity (Wildman–Crippen MR) is 72.2 cm³/mol. The molecule has 19 heavy (non-hydrogen) atoms. The highest BCUT2D eigenvalue weighted by Crippen LogP contribution is 2.32. The van der Waals surface area contributed by atoms with E-state index < -0.39 is 17.7 Å². The minimum atomic E-state index is -1.08. The SMILES string of the molecule is CC(=CC(=O)O)CN1C(=O)C(=O)c2ccc(Br)cc21. The number of hydrogen-bond acceptors (Lipinski definition) is 3. The second-order valence-electron chi connectivity index (χ2n) is 4.21. The Morgan fingerprint density at radius 1 is 1.42 bits per heavy atom. The Hall–Kier alpha value is -1.95. The highest BCUT2D eigenvalue weighted by Gasteiger charge is 2.35. The first kappa shape index (κ1) is 13.5. The molecule has 1 amide bonds. The second kappa shape index (κ2) is 4.97.